The van der Waals surface area contributed by atoms with E-state index in [1.807, 2.05) is 76.2 Å². The fraction of sp³-hybridized carbons (Fsp3) is 0.478. The van der Waals surface area contributed by atoms with E-state index in [1.165, 1.54) is 0 Å². The second-order valence-corrected chi connectivity index (χ2v) is 6.10. The molecule has 0 heterocycles. The monoisotopic (exact) mass is 374 g/mol. The van der Waals surface area contributed by atoms with Gasteiger partial charge in [0.05, 0.1) is 19.8 Å². The molecule has 0 radical (unpaired) electrons. The number of nitrogens with two attached hydrogens (primary N) is 2. The van der Waals surface area contributed by atoms with E-state index >= 15 is 0 Å². The Hall–Kier alpha value is -2.04. The number of benzene rings is 2. The molecule has 0 saturated carbocycles. The van der Waals surface area contributed by atoms with Crippen LogP contribution in [0.3, 0.4) is 0 Å². The Morgan fingerprint density at radius 1 is 0.704 bits per heavy atom. The molecule has 4 heteroatoms. The van der Waals surface area contributed by atoms with Crippen LogP contribution in [0.2, 0.25) is 0 Å². The quantitative estimate of drug-likeness (QED) is 0.751. The van der Waals surface area contributed by atoms with Gasteiger partial charge in [0, 0.05) is 6.04 Å². The Labute approximate surface area is 165 Å². The van der Waals surface area contributed by atoms with Gasteiger partial charge in [-0.3, -0.25) is 0 Å². The molecule has 0 fully saturated rings. The first-order valence-corrected chi connectivity index (χ1v) is 9.77. The fourth-order valence-corrected chi connectivity index (χ4v) is 2.81. The van der Waals surface area contributed by atoms with Crippen molar-refractivity contribution in [3.05, 3.63) is 59.7 Å². The van der Waals surface area contributed by atoms with Crippen molar-refractivity contribution in [3.8, 4) is 11.5 Å². The summed E-state index contributed by atoms with van der Waals surface area (Å²) in [4.78, 5) is 0. The van der Waals surface area contributed by atoms with Gasteiger partial charge < -0.3 is 20.9 Å². The number of hydrogen-bond donors (Lipinski definition) is 2. The zero-order valence-electron chi connectivity index (χ0n) is 18.2. The lowest BCUT2D eigenvalue weighted by Crippen LogP contribution is -2.55. The van der Waals surface area contributed by atoms with Crippen LogP contribution in [0.15, 0.2) is 48.5 Å². The van der Waals surface area contributed by atoms with Crippen molar-refractivity contribution in [2.24, 2.45) is 17.4 Å². The van der Waals surface area contributed by atoms with E-state index < -0.39 is 5.54 Å². The molecule has 0 aliphatic heterocycles. The minimum Gasteiger partial charge on any atom is -0.497 e. The first-order chi connectivity index (χ1) is 12.9. The molecule has 4 N–H and O–H groups in total. The molecule has 0 unspecified atom stereocenters. The molecule has 2 rings (SSSR count). The largest absolute Gasteiger partial charge is 0.497 e. The molecule has 0 saturated heterocycles. The minimum absolute atomic E-state index is 0.226. The van der Waals surface area contributed by atoms with Gasteiger partial charge in [-0.05, 0) is 41.3 Å². The zero-order valence-corrected chi connectivity index (χ0v) is 18.2. The second kappa shape index (κ2) is 12.4. The van der Waals surface area contributed by atoms with Crippen LogP contribution in [0.1, 0.15) is 52.7 Å². The van der Waals surface area contributed by atoms with Crippen LogP contribution in [0.25, 0.3) is 0 Å². The molecule has 0 aliphatic carbocycles. The first-order valence-electron chi connectivity index (χ1n) is 9.77. The maximum absolute atomic E-state index is 6.86. The van der Waals surface area contributed by atoms with E-state index in [0.29, 0.717) is 0 Å². The lowest BCUT2D eigenvalue weighted by molar-refractivity contribution is 0.336. The molecule has 0 bridgehead atoms. The summed E-state index contributed by atoms with van der Waals surface area (Å²) in [6.45, 7) is 12.2. The highest BCUT2D eigenvalue weighted by molar-refractivity contribution is 5.44. The average Bonchev–Trinajstić information content (AvgIpc) is 2.75. The van der Waals surface area contributed by atoms with Crippen molar-refractivity contribution >= 4 is 0 Å². The Bertz CT molecular complexity index is 574. The highest BCUT2D eigenvalue weighted by atomic mass is 16.5. The van der Waals surface area contributed by atoms with Crippen LogP contribution >= 0.6 is 0 Å². The number of ether oxygens (including phenoxy) is 2. The highest BCUT2D eigenvalue weighted by Gasteiger charge is 2.38. The predicted molar refractivity (Wildman–Crippen MR) is 116 cm³/mol. The third kappa shape index (κ3) is 5.98. The minimum atomic E-state index is -0.785. The van der Waals surface area contributed by atoms with Gasteiger partial charge in [0.15, 0.2) is 0 Å². The Morgan fingerprint density at radius 2 is 1.00 bits per heavy atom. The normalized spacial score (nSPS) is 11.5. The molecular weight excluding hydrogens is 336 g/mol. The van der Waals surface area contributed by atoms with Crippen LogP contribution in [0.5, 0.6) is 11.5 Å². The lowest BCUT2D eigenvalue weighted by atomic mass is 9.74. The maximum atomic E-state index is 6.86. The molecule has 2 aromatic carbocycles. The van der Waals surface area contributed by atoms with Gasteiger partial charge >= 0.3 is 0 Å². The van der Waals surface area contributed by atoms with E-state index in [-0.39, 0.29) is 12.0 Å². The Balaban J connectivity index is 0.00000158. The van der Waals surface area contributed by atoms with Crippen molar-refractivity contribution in [3.63, 3.8) is 0 Å². The van der Waals surface area contributed by atoms with Crippen molar-refractivity contribution < 1.29 is 9.47 Å². The van der Waals surface area contributed by atoms with Crippen LogP contribution in [-0.2, 0) is 5.54 Å². The molecule has 2 aromatic rings. The average molecular weight is 375 g/mol. The molecule has 27 heavy (non-hydrogen) atoms. The predicted octanol–water partition coefficient (Wildman–Crippen LogP) is 4.94. The van der Waals surface area contributed by atoms with E-state index in [2.05, 4.69) is 13.8 Å². The fourth-order valence-electron chi connectivity index (χ4n) is 2.81. The molecule has 1 atom stereocenters. The second-order valence-electron chi connectivity index (χ2n) is 6.10. The molecule has 0 aromatic heterocycles. The van der Waals surface area contributed by atoms with Gasteiger partial charge in [-0.2, -0.15) is 0 Å². The van der Waals surface area contributed by atoms with Crippen molar-refractivity contribution in [1.29, 1.82) is 0 Å². The van der Waals surface area contributed by atoms with E-state index in [0.717, 1.165) is 22.6 Å². The molecule has 0 amide bonds. The molecule has 152 valence electrons. The summed E-state index contributed by atoms with van der Waals surface area (Å²) in [7, 11) is 3.29. The molecular formula is C23H38N2O2. The number of hydrogen-bond acceptors (Lipinski definition) is 4. The van der Waals surface area contributed by atoms with Gasteiger partial charge in [-0.25, -0.2) is 0 Å². The van der Waals surface area contributed by atoms with Gasteiger partial charge in [0.2, 0.25) is 0 Å². The third-order valence-electron chi connectivity index (χ3n) is 4.38. The van der Waals surface area contributed by atoms with Crippen molar-refractivity contribution in [1.82, 2.24) is 0 Å². The Morgan fingerprint density at radius 3 is 1.22 bits per heavy atom. The summed E-state index contributed by atoms with van der Waals surface area (Å²) >= 11 is 0. The molecule has 0 spiro atoms. The summed E-state index contributed by atoms with van der Waals surface area (Å²) in [6.07, 6.45) is 0. The first kappa shape index (κ1) is 25.0. The van der Waals surface area contributed by atoms with Crippen LogP contribution in [-0.4, -0.2) is 20.3 Å². The van der Waals surface area contributed by atoms with Crippen LogP contribution < -0.4 is 20.9 Å². The smallest absolute Gasteiger partial charge is 0.118 e. The van der Waals surface area contributed by atoms with Crippen molar-refractivity contribution in [2.45, 2.75) is 53.1 Å². The van der Waals surface area contributed by atoms with Gasteiger partial charge in [0.25, 0.3) is 0 Å². The molecule has 4 nitrogen and oxygen atoms in total. The van der Waals surface area contributed by atoms with E-state index in [4.69, 9.17) is 20.9 Å². The van der Waals surface area contributed by atoms with Gasteiger partial charge in [-0.1, -0.05) is 65.8 Å². The summed E-state index contributed by atoms with van der Waals surface area (Å²) in [5.41, 5.74) is 14.5. The van der Waals surface area contributed by atoms with Crippen LogP contribution in [0.4, 0.5) is 0 Å². The molecule has 0 aliphatic rings. The van der Waals surface area contributed by atoms with E-state index in [1.54, 1.807) is 14.2 Å². The summed E-state index contributed by atoms with van der Waals surface area (Å²) in [5.74, 6) is 1.82. The zero-order chi connectivity index (χ0) is 21.0. The third-order valence-corrected chi connectivity index (χ3v) is 4.38. The summed E-state index contributed by atoms with van der Waals surface area (Å²) in [6, 6.07) is 15.3. The SMILES string of the molecule is CC.CC.COc1ccc(C(N)(c2ccc(OC)cc2)[C@@H](N)C(C)C)cc1. The van der Waals surface area contributed by atoms with Crippen molar-refractivity contribution in [2.75, 3.05) is 14.2 Å². The standard InChI is InChI=1S/C19H26N2O2.2C2H6/c1-13(2)18(20)19(21,14-5-9-16(22-3)10-6-14)15-7-11-17(23-4)12-8-15;2*1-2/h5-13,18H,20-21H2,1-4H3;2*1-2H3/t18-;;/m0../s1. The number of methoxy groups -OCH3 is 2. The van der Waals surface area contributed by atoms with E-state index in [9.17, 15) is 0 Å². The number of rotatable bonds is 6. The van der Waals surface area contributed by atoms with Crippen LogP contribution in [0, 0.1) is 5.92 Å². The Kier molecular flexibility index (Phi) is 11.4. The summed E-state index contributed by atoms with van der Waals surface area (Å²) < 4.78 is 10.5. The van der Waals surface area contributed by atoms with Gasteiger partial charge in [-0.15, -0.1) is 0 Å². The van der Waals surface area contributed by atoms with Gasteiger partial charge in [0.1, 0.15) is 11.5 Å². The highest BCUT2D eigenvalue weighted by Crippen LogP contribution is 2.34. The maximum Gasteiger partial charge on any atom is 0.118 e. The summed E-state index contributed by atoms with van der Waals surface area (Å²) in [5, 5.41) is 0. The lowest BCUT2D eigenvalue weighted by Gasteiger charge is -2.38. The topological polar surface area (TPSA) is 70.5 Å².